The minimum absolute atomic E-state index is 0.0152. The minimum Gasteiger partial charge on any atom is -0.396 e. The summed E-state index contributed by atoms with van der Waals surface area (Å²) in [6.45, 7) is 1.68. The van der Waals surface area contributed by atoms with E-state index >= 15 is 0 Å². The van der Waals surface area contributed by atoms with E-state index in [-0.39, 0.29) is 12.2 Å². The Morgan fingerprint density at radius 2 is 2.19 bits per heavy atom. The first-order valence-electron chi connectivity index (χ1n) is 5.72. The average molecular weight is 221 g/mol. The van der Waals surface area contributed by atoms with Crippen molar-refractivity contribution in [2.75, 3.05) is 24.6 Å². The number of aliphatic hydroxyl groups excluding tert-OH is 1. The number of hydrogen-bond acceptors (Lipinski definition) is 4. The number of hydrogen-bond donors (Lipinski definition) is 1. The molecule has 1 aliphatic heterocycles. The number of aromatic nitrogens is 2. The third-order valence-electron chi connectivity index (χ3n) is 3.31. The summed E-state index contributed by atoms with van der Waals surface area (Å²) >= 11 is 0. The monoisotopic (exact) mass is 221 g/mol. The third-order valence-corrected chi connectivity index (χ3v) is 3.31. The van der Waals surface area contributed by atoms with Crippen molar-refractivity contribution in [2.45, 2.75) is 18.9 Å². The largest absolute Gasteiger partial charge is 0.396 e. The van der Waals surface area contributed by atoms with Crippen LogP contribution in [-0.2, 0) is 0 Å². The highest BCUT2D eigenvalue weighted by Crippen LogP contribution is 2.33. The van der Waals surface area contributed by atoms with Crippen molar-refractivity contribution in [1.82, 2.24) is 9.55 Å². The summed E-state index contributed by atoms with van der Waals surface area (Å²) in [7, 11) is 0. The summed E-state index contributed by atoms with van der Waals surface area (Å²) in [6.07, 6.45) is 5.67. The lowest BCUT2D eigenvalue weighted by Gasteiger charge is -2.38. The van der Waals surface area contributed by atoms with Gasteiger partial charge in [0, 0.05) is 44.0 Å². The van der Waals surface area contributed by atoms with Gasteiger partial charge < -0.3 is 14.6 Å². The maximum Gasteiger partial charge on any atom is 0.293 e. The molecule has 0 amide bonds. The Labute approximate surface area is 93.3 Å². The fourth-order valence-electron chi connectivity index (χ4n) is 2.13. The lowest BCUT2D eigenvalue weighted by Crippen LogP contribution is -2.51. The van der Waals surface area contributed by atoms with Crippen molar-refractivity contribution in [2.24, 2.45) is 5.92 Å². The van der Waals surface area contributed by atoms with Crippen molar-refractivity contribution < 1.29 is 5.11 Å². The molecule has 0 radical (unpaired) electrons. The fraction of sp³-hybridized carbons (Fsp3) is 0.636. The zero-order valence-corrected chi connectivity index (χ0v) is 9.04. The topological polar surface area (TPSA) is 58.4 Å². The molecule has 1 N–H and O–H groups in total. The Bertz CT molecular complexity index is 447. The Morgan fingerprint density at radius 3 is 2.81 bits per heavy atom. The van der Waals surface area contributed by atoms with E-state index in [9.17, 15) is 4.79 Å². The molecule has 0 bridgehead atoms. The minimum atomic E-state index is 0.0152. The molecule has 1 aromatic rings. The van der Waals surface area contributed by atoms with Crippen molar-refractivity contribution in [1.29, 1.82) is 0 Å². The predicted octanol–water partition coefficient (Wildman–Crippen LogP) is 0.00670. The first-order valence-corrected chi connectivity index (χ1v) is 5.72. The lowest BCUT2D eigenvalue weighted by atomic mass is 10.0. The van der Waals surface area contributed by atoms with Crippen LogP contribution < -0.4 is 10.5 Å². The van der Waals surface area contributed by atoms with E-state index in [1.807, 2.05) is 4.90 Å². The SMILES string of the molecule is O=c1c(N2CC(CO)C2)nccn1C1CC1. The molecule has 16 heavy (non-hydrogen) atoms. The molecule has 2 fully saturated rings. The molecule has 2 aliphatic rings. The Kier molecular flexibility index (Phi) is 2.21. The number of aliphatic hydroxyl groups is 1. The van der Waals surface area contributed by atoms with Crippen LogP contribution in [0, 0.1) is 5.92 Å². The number of anilines is 1. The van der Waals surface area contributed by atoms with Crippen molar-refractivity contribution in [3.05, 3.63) is 22.7 Å². The molecule has 2 heterocycles. The van der Waals surface area contributed by atoms with E-state index in [2.05, 4.69) is 4.98 Å². The maximum absolute atomic E-state index is 12.1. The molecule has 1 aromatic heterocycles. The Balaban J connectivity index is 1.85. The van der Waals surface area contributed by atoms with Gasteiger partial charge in [-0.2, -0.15) is 0 Å². The van der Waals surface area contributed by atoms with E-state index < -0.39 is 0 Å². The van der Waals surface area contributed by atoms with Crippen LogP contribution in [0.5, 0.6) is 0 Å². The lowest BCUT2D eigenvalue weighted by molar-refractivity contribution is 0.200. The van der Waals surface area contributed by atoms with Crippen molar-refractivity contribution >= 4 is 5.82 Å². The molecule has 3 rings (SSSR count). The van der Waals surface area contributed by atoms with Gasteiger partial charge in [0.05, 0.1) is 0 Å². The number of rotatable bonds is 3. The zero-order chi connectivity index (χ0) is 11.1. The van der Waals surface area contributed by atoms with Crippen LogP contribution >= 0.6 is 0 Å². The van der Waals surface area contributed by atoms with Gasteiger partial charge in [-0.1, -0.05) is 0 Å². The van der Waals surface area contributed by atoms with Gasteiger partial charge in [-0.25, -0.2) is 4.98 Å². The van der Waals surface area contributed by atoms with E-state index in [0.717, 1.165) is 25.9 Å². The first kappa shape index (κ1) is 9.84. The summed E-state index contributed by atoms with van der Waals surface area (Å²) in [5.74, 6) is 0.842. The smallest absolute Gasteiger partial charge is 0.293 e. The van der Waals surface area contributed by atoms with Crippen molar-refractivity contribution in [3.8, 4) is 0 Å². The molecule has 5 heteroatoms. The highest BCUT2D eigenvalue weighted by atomic mass is 16.3. The molecule has 1 aliphatic carbocycles. The second kappa shape index (κ2) is 3.59. The molecule has 0 atom stereocenters. The van der Waals surface area contributed by atoms with E-state index in [1.165, 1.54) is 0 Å². The fourth-order valence-corrected chi connectivity index (χ4v) is 2.13. The van der Waals surface area contributed by atoms with Crippen LogP contribution in [0.25, 0.3) is 0 Å². The van der Waals surface area contributed by atoms with Crippen LogP contribution in [0.15, 0.2) is 17.2 Å². The van der Waals surface area contributed by atoms with Gasteiger partial charge in [-0.3, -0.25) is 4.79 Å². The van der Waals surface area contributed by atoms with Gasteiger partial charge >= 0.3 is 0 Å². The standard InChI is InChI=1S/C11H15N3O2/c15-7-8-5-13(6-8)10-11(16)14(4-3-12-10)9-1-2-9/h3-4,8-9,15H,1-2,5-7H2. The summed E-state index contributed by atoms with van der Waals surface area (Å²) in [5, 5.41) is 8.94. The molecule has 1 saturated carbocycles. The second-order valence-corrected chi connectivity index (χ2v) is 4.65. The van der Waals surface area contributed by atoms with E-state index in [1.54, 1.807) is 17.0 Å². The Morgan fingerprint density at radius 1 is 1.44 bits per heavy atom. The van der Waals surface area contributed by atoms with Crippen LogP contribution in [0.1, 0.15) is 18.9 Å². The molecule has 0 spiro atoms. The third kappa shape index (κ3) is 1.51. The van der Waals surface area contributed by atoms with Gasteiger partial charge in [0.1, 0.15) is 0 Å². The highest BCUT2D eigenvalue weighted by Gasteiger charge is 2.31. The van der Waals surface area contributed by atoms with Gasteiger partial charge in [0.15, 0.2) is 5.82 Å². The van der Waals surface area contributed by atoms with E-state index in [4.69, 9.17) is 5.11 Å². The predicted molar refractivity (Wildman–Crippen MR) is 59.6 cm³/mol. The molecule has 0 unspecified atom stereocenters. The summed E-state index contributed by atoms with van der Waals surface area (Å²) in [4.78, 5) is 18.2. The summed E-state index contributed by atoms with van der Waals surface area (Å²) in [5.41, 5.74) is 0.0152. The van der Waals surface area contributed by atoms with Gasteiger partial charge in [-0.05, 0) is 12.8 Å². The molecule has 0 aromatic carbocycles. The number of nitrogens with zero attached hydrogens (tertiary/aromatic N) is 3. The van der Waals surface area contributed by atoms with Gasteiger partial charge in [-0.15, -0.1) is 0 Å². The summed E-state index contributed by atoms with van der Waals surface area (Å²) < 4.78 is 1.79. The van der Waals surface area contributed by atoms with Gasteiger partial charge in [0.2, 0.25) is 0 Å². The average Bonchev–Trinajstić information content (AvgIpc) is 3.02. The zero-order valence-electron chi connectivity index (χ0n) is 9.04. The quantitative estimate of drug-likeness (QED) is 0.781. The normalized spacial score (nSPS) is 20.9. The van der Waals surface area contributed by atoms with Crippen molar-refractivity contribution in [3.63, 3.8) is 0 Å². The maximum atomic E-state index is 12.1. The summed E-state index contributed by atoms with van der Waals surface area (Å²) in [6, 6.07) is 0.393. The van der Waals surface area contributed by atoms with Crippen LogP contribution in [0.2, 0.25) is 0 Å². The first-order chi connectivity index (χ1) is 7.79. The van der Waals surface area contributed by atoms with Crippen LogP contribution in [-0.4, -0.2) is 34.4 Å². The molecule has 5 nitrogen and oxygen atoms in total. The van der Waals surface area contributed by atoms with Crippen LogP contribution in [0.3, 0.4) is 0 Å². The molecule has 86 valence electrons. The van der Waals surface area contributed by atoms with E-state index in [0.29, 0.717) is 17.8 Å². The molecular formula is C11H15N3O2. The Hall–Kier alpha value is -1.36. The van der Waals surface area contributed by atoms with Crippen LogP contribution in [0.4, 0.5) is 5.82 Å². The second-order valence-electron chi connectivity index (χ2n) is 4.65. The molecule has 1 saturated heterocycles. The molecular weight excluding hydrogens is 206 g/mol. The van der Waals surface area contributed by atoms with Gasteiger partial charge in [0.25, 0.3) is 5.56 Å². The highest BCUT2D eigenvalue weighted by molar-refractivity contribution is 5.39.